The molecule has 21 heavy (non-hydrogen) atoms. The lowest BCUT2D eigenvalue weighted by molar-refractivity contribution is 0.378. The van der Waals surface area contributed by atoms with Crippen LogP contribution in [0.3, 0.4) is 0 Å². The van der Waals surface area contributed by atoms with E-state index in [-0.39, 0.29) is 0 Å². The lowest BCUT2D eigenvalue weighted by Gasteiger charge is -2.28. The van der Waals surface area contributed by atoms with Gasteiger partial charge in [0.05, 0.1) is 12.2 Å². The van der Waals surface area contributed by atoms with E-state index in [1.54, 1.807) is 0 Å². The van der Waals surface area contributed by atoms with Crippen molar-refractivity contribution in [1.82, 2.24) is 15.2 Å². The number of thiocarbonyl (C=S) groups is 1. The van der Waals surface area contributed by atoms with Gasteiger partial charge in [-0.15, -0.1) is 0 Å². The molecule has 2 aliphatic rings. The van der Waals surface area contributed by atoms with E-state index in [4.69, 9.17) is 12.2 Å². The number of nitrogens with one attached hydrogen (secondary N) is 1. The van der Waals surface area contributed by atoms with Crippen LogP contribution < -0.4 is 5.32 Å². The summed E-state index contributed by atoms with van der Waals surface area (Å²) >= 11 is 5.70. The molecule has 0 bridgehead atoms. The van der Waals surface area contributed by atoms with Crippen LogP contribution in [0.25, 0.3) is 0 Å². The smallest absolute Gasteiger partial charge is 0.169 e. The molecular weight excluding hydrogens is 278 g/mol. The third-order valence-electron chi connectivity index (χ3n) is 4.49. The molecule has 0 radical (unpaired) electrons. The fourth-order valence-corrected chi connectivity index (χ4v) is 3.48. The highest BCUT2D eigenvalue weighted by Gasteiger charge is 2.31. The standard InChI is InChI=1S/C17H25N3S/c21-17(19-14-7-3-1-2-4-8-14)20(16-10-11-16)13-15-9-5-6-12-18-15/h5-6,9,12,14,16H,1-4,7-8,10-11,13H2,(H,19,21). The van der Waals surface area contributed by atoms with Crippen molar-refractivity contribution in [3.8, 4) is 0 Å². The maximum atomic E-state index is 5.70. The summed E-state index contributed by atoms with van der Waals surface area (Å²) in [6.07, 6.45) is 12.4. The van der Waals surface area contributed by atoms with Crippen molar-refractivity contribution >= 4 is 17.3 Å². The average Bonchev–Trinajstić information content (AvgIpc) is 3.33. The number of pyridine rings is 1. The maximum Gasteiger partial charge on any atom is 0.169 e. The van der Waals surface area contributed by atoms with E-state index in [0.29, 0.717) is 12.1 Å². The summed E-state index contributed by atoms with van der Waals surface area (Å²) < 4.78 is 0. The molecule has 0 spiro atoms. The van der Waals surface area contributed by atoms with Gasteiger partial charge in [-0.3, -0.25) is 4.98 Å². The van der Waals surface area contributed by atoms with Crippen LogP contribution in [0.15, 0.2) is 24.4 Å². The summed E-state index contributed by atoms with van der Waals surface area (Å²) in [5.41, 5.74) is 1.11. The van der Waals surface area contributed by atoms with Gasteiger partial charge >= 0.3 is 0 Å². The third-order valence-corrected chi connectivity index (χ3v) is 4.84. The topological polar surface area (TPSA) is 28.2 Å². The average molecular weight is 303 g/mol. The number of nitrogens with zero attached hydrogens (tertiary/aromatic N) is 2. The molecule has 0 unspecified atom stereocenters. The highest BCUT2D eigenvalue weighted by Crippen LogP contribution is 2.28. The van der Waals surface area contributed by atoms with Crippen LogP contribution in [0.5, 0.6) is 0 Å². The molecule has 2 aliphatic carbocycles. The van der Waals surface area contributed by atoms with Crippen molar-refractivity contribution in [2.24, 2.45) is 0 Å². The van der Waals surface area contributed by atoms with Gasteiger partial charge in [0.25, 0.3) is 0 Å². The third kappa shape index (κ3) is 4.40. The molecule has 114 valence electrons. The fourth-order valence-electron chi connectivity index (χ4n) is 3.10. The van der Waals surface area contributed by atoms with Crippen LogP contribution in [0.2, 0.25) is 0 Å². The normalized spacial score (nSPS) is 19.8. The second-order valence-corrected chi connectivity index (χ2v) is 6.70. The predicted molar refractivity (Wildman–Crippen MR) is 90.0 cm³/mol. The Morgan fingerprint density at radius 3 is 2.52 bits per heavy atom. The highest BCUT2D eigenvalue weighted by molar-refractivity contribution is 7.80. The summed E-state index contributed by atoms with van der Waals surface area (Å²) in [5.74, 6) is 0. The Morgan fingerprint density at radius 1 is 1.14 bits per heavy atom. The molecule has 1 aromatic rings. The Bertz CT molecular complexity index is 450. The lowest BCUT2D eigenvalue weighted by atomic mass is 10.1. The zero-order valence-electron chi connectivity index (χ0n) is 12.6. The number of hydrogen-bond acceptors (Lipinski definition) is 2. The van der Waals surface area contributed by atoms with Gasteiger partial charge in [-0.2, -0.15) is 0 Å². The Hall–Kier alpha value is -1.16. The molecule has 2 fully saturated rings. The van der Waals surface area contributed by atoms with Crippen molar-refractivity contribution in [3.05, 3.63) is 30.1 Å². The molecule has 4 heteroatoms. The molecular formula is C17H25N3S. The molecule has 1 aromatic heterocycles. The first-order valence-electron chi connectivity index (χ1n) is 8.30. The summed E-state index contributed by atoms with van der Waals surface area (Å²) in [6.45, 7) is 0.837. The van der Waals surface area contributed by atoms with E-state index in [9.17, 15) is 0 Å². The van der Waals surface area contributed by atoms with Crippen LogP contribution in [0, 0.1) is 0 Å². The largest absolute Gasteiger partial charge is 0.360 e. The molecule has 0 amide bonds. The van der Waals surface area contributed by atoms with Gasteiger partial charge in [0.1, 0.15) is 0 Å². The minimum absolute atomic E-state index is 0.574. The van der Waals surface area contributed by atoms with E-state index in [2.05, 4.69) is 27.3 Å². The minimum atomic E-state index is 0.574. The summed E-state index contributed by atoms with van der Waals surface area (Å²) in [4.78, 5) is 6.79. The van der Waals surface area contributed by atoms with Gasteiger partial charge < -0.3 is 10.2 Å². The van der Waals surface area contributed by atoms with E-state index in [1.807, 2.05) is 12.3 Å². The van der Waals surface area contributed by atoms with Crippen molar-refractivity contribution in [2.45, 2.75) is 70.0 Å². The van der Waals surface area contributed by atoms with Gasteiger partial charge in [0.2, 0.25) is 0 Å². The fraction of sp³-hybridized carbons (Fsp3) is 0.647. The monoisotopic (exact) mass is 303 g/mol. The minimum Gasteiger partial charge on any atom is -0.360 e. The van der Waals surface area contributed by atoms with E-state index in [1.165, 1.54) is 51.4 Å². The quantitative estimate of drug-likeness (QED) is 0.679. The maximum absolute atomic E-state index is 5.70. The van der Waals surface area contributed by atoms with Crippen molar-refractivity contribution < 1.29 is 0 Å². The van der Waals surface area contributed by atoms with Crippen LogP contribution >= 0.6 is 12.2 Å². The number of hydrogen-bond donors (Lipinski definition) is 1. The van der Waals surface area contributed by atoms with Crippen molar-refractivity contribution in [1.29, 1.82) is 0 Å². The molecule has 0 aliphatic heterocycles. The molecule has 0 atom stereocenters. The van der Waals surface area contributed by atoms with Crippen molar-refractivity contribution in [2.75, 3.05) is 0 Å². The van der Waals surface area contributed by atoms with Crippen LogP contribution in [0.4, 0.5) is 0 Å². The zero-order chi connectivity index (χ0) is 14.5. The molecule has 0 saturated heterocycles. The van der Waals surface area contributed by atoms with E-state index < -0.39 is 0 Å². The van der Waals surface area contributed by atoms with E-state index in [0.717, 1.165) is 17.4 Å². The zero-order valence-corrected chi connectivity index (χ0v) is 13.4. The molecule has 3 nitrogen and oxygen atoms in total. The molecule has 1 heterocycles. The summed E-state index contributed by atoms with van der Waals surface area (Å²) in [6, 6.07) is 7.30. The SMILES string of the molecule is S=C(NC1CCCCCC1)N(Cc1ccccn1)C1CC1. The summed E-state index contributed by atoms with van der Waals surface area (Å²) in [7, 11) is 0. The Kier molecular flexibility index (Phi) is 5.07. The molecule has 3 rings (SSSR count). The Morgan fingerprint density at radius 2 is 1.90 bits per heavy atom. The van der Waals surface area contributed by atoms with Gasteiger partial charge in [-0.25, -0.2) is 0 Å². The first kappa shape index (κ1) is 14.8. The number of aromatic nitrogens is 1. The van der Waals surface area contributed by atoms with Crippen molar-refractivity contribution in [3.63, 3.8) is 0 Å². The first-order chi connectivity index (χ1) is 10.3. The van der Waals surface area contributed by atoms with Crippen LogP contribution in [-0.4, -0.2) is 27.1 Å². The summed E-state index contributed by atoms with van der Waals surface area (Å²) in [5, 5.41) is 4.57. The molecule has 2 saturated carbocycles. The molecule has 1 N–H and O–H groups in total. The Balaban J connectivity index is 1.59. The Labute approximate surface area is 133 Å². The first-order valence-corrected chi connectivity index (χ1v) is 8.71. The highest BCUT2D eigenvalue weighted by atomic mass is 32.1. The number of rotatable bonds is 4. The van der Waals surface area contributed by atoms with Gasteiger partial charge in [-0.1, -0.05) is 31.7 Å². The predicted octanol–water partition coefficient (Wildman–Crippen LogP) is 3.64. The second kappa shape index (κ2) is 7.21. The van der Waals surface area contributed by atoms with Crippen LogP contribution in [-0.2, 0) is 6.54 Å². The molecule has 0 aromatic carbocycles. The van der Waals surface area contributed by atoms with Crippen LogP contribution in [0.1, 0.15) is 57.1 Å². The van der Waals surface area contributed by atoms with Gasteiger partial charge in [0.15, 0.2) is 5.11 Å². The van der Waals surface area contributed by atoms with Gasteiger partial charge in [-0.05, 0) is 50.0 Å². The van der Waals surface area contributed by atoms with E-state index >= 15 is 0 Å². The lowest BCUT2D eigenvalue weighted by Crippen LogP contribution is -2.45. The van der Waals surface area contributed by atoms with Gasteiger partial charge in [0, 0.05) is 18.3 Å². The second-order valence-electron chi connectivity index (χ2n) is 6.32.